The Balaban J connectivity index is 2.30. The van der Waals surface area contributed by atoms with Gasteiger partial charge in [-0.25, -0.2) is 0 Å². The van der Waals surface area contributed by atoms with Crippen molar-refractivity contribution in [1.29, 1.82) is 0 Å². The van der Waals surface area contributed by atoms with Gasteiger partial charge >= 0.3 is 0 Å². The summed E-state index contributed by atoms with van der Waals surface area (Å²) in [7, 11) is 1.54. The van der Waals surface area contributed by atoms with Crippen molar-refractivity contribution in [1.82, 2.24) is 0 Å². The van der Waals surface area contributed by atoms with Gasteiger partial charge in [0.1, 0.15) is 11.3 Å². The first-order valence-electron chi connectivity index (χ1n) is 6.20. The van der Waals surface area contributed by atoms with E-state index in [1.807, 2.05) is 12.1 Å². The molecule has 4 nitrogen and oxygen atoms in total. The summed E-state index contributed by atoms with van der Waals surface area (Å²) in [6, 6.07) is 12.0. The van der Waals surface area contributed by atoms with E-state index in [9.17, 15) is 9.90 Å². The summed E-state index contributed by atoms with van der Waals surface area (Å²) in [5, 5.41) is 10.4. The Kier molecular flexibility index (Phi) is 3.43. The van der Waals surface area contributed by atoms with Crippen LogP contribution in [-0.4, -0.2) is 12.2 Å². The maximum atomic E-state index is 12.2. The summed E-state index contributed by atoms with van der Waals surface area (Å²) >= 11 is 3.34. The van der Waals surface area contributed by atoms with Crippen LogP contribution in [0.4, 0.5) is 0 Å². The Morgan fingerprint density at radius 2 is 1.86 bits per heavy atom. The highest BCUT2D eigenvalue weighted by Gasteiger charge is 2.15. The molecule has 3 aromatic rings. The summed E-state index contributed by atoms with van der Waals surface area (Å²) in [6.45, 7) is 0. The van der Waals surface area contributed by atoms with E-state index in [-0.39, 0.29) is 5.76 Å². The Bertz CT molecular complexity index is 866. The summed E-state index contributed by atoms with van der Waals surface area (Å²) in [4.78, 5) is 12.2. The molecule has 3 rings (SSSR count). The molecule has 0 radical (unpaired) electrons. The smallest absolute Gasteiger partial charge is 0.235 e. The van der Waals surface area contributed by atoms with E-state index < -0.39 is 11.2 Å². The zero-order valence-electron chi connectivity index (χ0n) is 11.1. The van der Waals surface area contributed by atoms with E-state index in [2.05, 4.69) is 15.9 Å². The molecule has 0 aliphatic rings. The number of hydrogen-bond donors (Lipinski definition) is 1. The molecule has 1 heterocycles. The van der Waals surface area contributed by atoms with Gasteiger partial charge in [0.15, 0.2) is 5.76 Å². The Morgan fingerprint density at radius 3 is 2.52 bits per heavy atom. The number of rotatable bonds is 2. The van der Waals surface area contributed by atoms with Gasteiger partial charge in [-0.05, 0) is 36.4 Å². The molecule has 0 bridgehead atoms. The van der Waals surface area contributed by atoms with E-state index in [0.29, 0.717) is 22.3 Å². The van der Waals surface area contributed by atoms with Gasteiger partial charge in [0.2, 0.25) is 11.2 Å². The maximum Gasteiger partial charge on any atom is 0.235 e. The second-order valence-corrected chi connectivity index (χ2v) is 5.39. The molecule has 1 aromatic heterocycles. The largest absolute Gasteiger partial charge is 0.502 e. The zero-order valence-corrected chi connectivity index (χ0v) is 12.7. The normalized spacial score (nSPS) is 10.8. The summed E-state index contributed by atoms with van der Waals surface area (Å²) in [6.07, 6.45) is 0. The second-order valence-electron chi connectivity index (χ2n) is 4.48. The fourth-order valence-electron chi connectivity index (χ4n) is 2.09. The third kappa shape index (κ3) is 2.40. The van der Waals surface area contributed by atoms with Crippen molar-refractivity contribution in [3.05, 3.63) is 57.2 Å². The first-order valence-corrected chi connectivity index (χ1v) is 6.99. The van der Waals surface area contributed by atoms with Crippen molar-refractivity contribution in [2.75, 3.05) is 7.11 Å². The Hall–Kier alpha value is -2.27. The second kappa shape index (κ2) is 5.26. The first kappa shape index (κ1) is 13.7. The topological polar surface area (TPSA) is 59.7 Å². The van der Waals surface area contributed by atoms with Gasteiger partial charge in [-0.3, -0.25) is 4.79 Å². The number of aromatic hydroxyl groups is 1. The molecular formula is C16H11BrO4. The van der Waals surface area contributed by atoms with Crippen LogP contribution in [0.1, 0.15) is 0 Å². The molecule has 106 valence electrons. The van der Waals surface area contributed by atoms with E-state index in [0.717, 1.165) is 4.47 Å². The van der Waals surface area contributed by atoms with Gasteiger partial charge in [0.25, 0.3) is 0 Å². The van der Waals surface area contributed by atoms with E-state index >= 15 is 0 Å². The van der Waals surface area contributed by atoms with Crippen molar-refractivity contribution in [2.24, 2.45) is 0 Å². The van der Waals surface area contributed by atoms with Crippen molar-refractivity contribution < 1.29 is 14.3 Å². The molecule has 0 atom stereocenters. The van der Waals surface area contributed by atoms with Gasteiger partial charge in [0, 0.05) is 16.1 Å². The van der Waals surface area contributed by atoms with E-state index in [1.54, 1.807) is 30.3 Å². The Labute approximate surface area is 128 Å². The SMILES string of the molecule is COc1ccc2c(=O)c(O)c(-c3ccc(Br)cc3)oc2c1. The van der Waals surface area contributed by atoms with Gasteiger partial charge in [0.05, 0.1) is 12.5 Å². The van der Waals surface area contributed by atoms with Gasteiger partial charge in [-0.2, -0.15) is 0 Å². The first-order chi connectivity index (χ1) is 10.1. The minimum Gasteiger partial charge on any atom is -0.502 e. The number of methoxy groups -OCH3 is 1. The van der Waals surface area contributed by atoms with Gasteiger partial charge in [-0.1, -0.05) is 15.9 Å². The monoisotopic (exact) mass is 346 g/mol. The summed E-state index contributed by atoms with van der Waals surface area (Å²) in [5.41, 5.74) is 0.532. The fraction of sp³-hybridized carbons (Fsp3) is 0.0625. The van der Waals surface area contributed by atoms with Crippen LogP contribution in [0.2, 0.25) is 0 Å². The van der Waals surface area contributed by atoms with E-state index in [1.165, 1.54) is 7.11 Å². The highest BCUT2D eigenvalue weighted by molar-refractivity contribution is 9.10. The summed E-state index contributed by atoms with van der Waals surface area (Å²) < 4.78 is 11.7. The van der Waals surface area contributed by atoms with Crippen molar-refractivity contribution >= 4 is 26.9 Å². The number of halogens is 1. The average molecular weight is 347 g/mol. The summed E-state index contributed by atoms with van der Waals surface area (Å²) in [5.74, 6) is 0.335. The molecule has 0 spiro atoms. The third-order valence-electron chi connectivity index (χ3n) is 3.18. The van der Waals surface area contributed by atoms with Crippen molar-refractivity contribution in [2.45, 2.75) is 0 Å². The maximum absolute atomic E-state index is 12.2. The van der Waals surface area contributed by atoms with Crippen LogP contribution in [0.5, 0.6) is 11.5 Å². The van der Waals surface area contributed by atoms with Crippen LogP contribution in [-0.2, 0) is 0 Å². The lowest BCUT2D eigenvalue weighted by Gasteiger charge is -2.07. The van der Waals surface area contributed by atoms with E-state index in [4.69, 9.17) is 9.15 Å². The minimum atomic E-state index is -0.461. The van der Waals surface area contributed by atoms with Crippen LogP contribution in [0.15, 0.2) is 56.1 Å². The molecule has 0 fully saturated rings. The zero-order chi connectivity index (χ0) is 15.0. The molecule has 1 N–H and O–H groups in total. The average Bonchev–Trinajstić information content (AvgIpc) is 2.51. The van der Waals surface area contributed by atoms with Crippen molar-refractivity contribution in [3.63, 3.8) is 0 Å². The highest BCUT2D eigenvalue weighted by atomic mass is 79.9. The number of ether oxygens (including phenoxy) is 1. The minimum absolute atomic E-state index is 0.147. The number of hydrogen-bond acceptors (Lipinski definition) is 4. The number of benzene rings is 2. The fourth-order valence-corrected chi connectivity index (χ4v) is 2.35. The lowest BCUT2D eigenvalue weighted by Crippen LogP contribution is -2.02. The lowest BCUT2D eigenvalue weighted by atomic mass is 10.1. The number of fused-ring (bicyclic) bond motifs is 1. The van der Waals surface area contributed by atoms with Crippen LogP contribution < -0.4 is 10.2 Å². The van der Waals surface area contributed by atoms with Crippen LogP contribution in [0.3, 0.4) is 0 Å². The molecule has 0 saturated carbocycles. The molecule has 21 heavy (non-hydrogen) atoms. The predicted octanol–water partition coefficient (Wildman–Crippen LogP) is 3.94. The third-order valence-corrected chi connectivity index (χ3v) is 3.71. The molecule has 2 aromatic carbocycles. The molecular weight excluding hydrogens is 336 g/mol. The van der Waals surface area contributed by atoms with Gasteiger partial charge < -0.3 is 14.3 Å². The quantitative estimate of drug-likeness (QED) is 0.763. The molecule has 0 amide bonds. The van der Waals surface area contributed by atoms with Crippen LogP contribution in [0, 0.1) is 0 Å². The Morgan fingerprint density at radius 1 is 1.14 bits per heavy atom. The van der Waals surface area contributed by atoms with Crippen molar-refractivity contribution in [3.8, 4) is 22.8 Å². The molecule has 5 heteroatoms. The molecule has 0 aliphatic carbocycles. The molecule has 0 aliphatic heterocycles. The van der Waals surface area contributed by atoms with Crippen LogP contribution >= 0.6 is 15.9 Å². The molecule has 0 unspecified atom stereocenters. The molecule has 0 saturated heterocycles. The van der Waals surface area contributed by atoms with Gasteiger partial charge in [-0.15, -0.1) is 0 Å². The predicted molar refractivity (Wildman–Crippen MR) is 83.8 cm³/mol. The lowest BCUT2D eigenvalue weighted by molar-refractivity contribution is 0.413. The van der Waals surface area contributed by atoms with Crippen LogP contribution in [0.25, 0.3) is 22.3 Å². The highest BCUT2D eigenvalue weighted by Crippen LogP contribution is 2.31. The standard InChI is InChI=1S/C16H11BrO4/c1-20-11-6-7-12-13(8-11)21-16(15(19)14(12)18)9-2-4-10(17)5-3-9/h2-8,19H,1H3.